The molecule has 16 heavy (non-hydrogen) atoms. The lowest BCUT2D eigenvalue weighted by atomic mass is 10.2. The molecule has 0 spiro atoms. The molecule has 0 saturated heterocycles. The van der Waals surface area contributed by atoms with Crippen LogP contribution in [-0.2, 0) is 0 Å². The van der Waals surface area contributed by atoms with Crippen LogP contribution in [0.1, 0.15) is 5.56 Å². The molecule has 0 fully saturated rings. The van der Waals surface area contributed by atoms with Crippen molar-refractivity contribution < 1.29 is 0 Å². The second-order valence-electron chi connectivity index (χ2n) is 3.96. The van der Waals surface area contributed by atoms with Gasteiger partial charge in [-0.15, -0.1) is 0 Å². The molecule has 0 atom stereocenters. The molecule has 77 valence electrons. The van der Waals surface area contributed by atoms with Gasteiger partial charge < -0.3 is 4.57 Å². The summed E-state index contributed by atoms with van der Waals surface area (Å²) in [5, 5.41) is 1.23. The van der Waals surface area contributed by atoms with Crippen LogP contribution in [-0.4, -0.2) is 4.57 Å². The zero-order valence-electron chi connectivity index (χ0n) is 9.14. The fraction of sp³-hybridized carbons (Fsp3) is 0.0667. The van der Waals surface area contributed by atoms with Gasteiger partial charge in [0.2, 0.25) is 0 Å². The lowest BCUT2D eigenvalue weighted by Gasteiger charge is -2.08. The first-order chi connectivity index (χ1) is 7.86. The first kappa shape index (κ1) is 9.22. The summed E-state index contributed by atoms with van der Waals surface area (Å²) >= 11 is 0. The maximum Gasteiger partial charge on any atom is 0.0528 e. The summed E-state index contributed by atoms with van der Waals surface area (Å²) in [7, 11) is 0. The van der Waals surface area contributed by atoms with Gasteiger partial charge in [0.1, 0.15) is 0 Å². The molecule has 0 amide bonds. The molecule has 0 bridgehead atoms. The Morgan fingerprint density at radius 2 is 1.94 bits per heavy atom. The number of fused-ring (bicyclic) bond motifs is 1. The van der Waals surface area contributed by atoms with Crippen molar-refractivity contribution in [3.63, 3.8) is 0 Å². The van der Waals surface area contributed by atoms with Crippen LogP contribution < -0.4 is 0 Å². The largest absolute Gasteiger partial charge is 0.316 e. The number of aryl methyl sites for hydroxylation is 1. The Kier molecular flexibility index (Phi) is 2.03. The molecule has 1 nitrogen and oxygen atoms in total. The maximum absolute atomic E-state index is 3.10. The van der Waals surface area contributed by atoms with Crippen molar-refractivity contribution in [2.24, 2.45) is 0 Å². The molecule has 0 aliphatic rings. The Hall–Kier alpha value is -2.02. The van der Waals surface area contributed by atoms with E-state index in [2.05, 4.69) is 60.2 Å². The van der Waals surface area contributed by atoms with E-state index in [0.29, 0.717) is 0 Å². The van der Waals surface area contributed by atoms with Gasteiger partial charge in [0.25, 0.3) is 0 Å². The van der Waals surface area contributed by atoms with E-state index in [1.807, 2.05) is 12.1 Å². The molecule has 1 heteroatoms. The minimum atomic E-state index is 1.23. The quantitative estimate of drug-likeness (QED) is 0.571. The highest BCUT2D eigenvalue weighted by Crippen LogP contribution is 2.21. The number of hydrogen-bond donors (Lipinski definition) is 0. The topological polar surface area (TPSA) is 4.93 Å². The molecule has 0 aliphatic carbocycles. The second kappa shape index (κ2) is 3.53. The van der Waals surface area contributed by atoms with E-state index < -0.39 is 0 Å². The average molecular weight is 206 g/mol. The summed E-state index contributed by atoms with van der Waals surface area (Å²) in [4.78, 5) is 0. The van der Waals surface area contributed by atoms with Crippen molar-refractivity contribution in [2.45, 2.75) is 6.92 Å². The van der Waals surface area contributed by atoms with Gasteiger partial charge in [0, 0.05) is 17.3 Å². The van der Waals surface area contributed by atoms with Gasteiger partial charge in [-0.2, -0.15) is 0 Å². The lowest BCUT2D eigenvalue weighted by Crippen LogP contribution is -1.94. The highest BCUT2D eigenvalue weighted by molar-refractivity contribution is 5.81. The van der Waals surface area contributed by atoms with Gasteiger partial charge in [-0.1, -0.05) is 24.3 Å². The number of aromatic nitrogens is 1. The van der Waals surface area contributed by atoms with E-state index in [4.69, 9.17) is 0 Å². The van der Waals surface area contributed by atoms with E-state index in [9.17, 15) is 0 Å². The molecule has 0 aliphatic heterocycles. The van der Waals surface area contributed by atoms with Crippen molar-refractivity contribution in [3.05, 3.63) is 66.4 Å². The van der Waals surface area contributed by atoms with Gasteiger partial charge in [-0.25, -0.2) is 0 Å². The average Bonchev–Trinajstić information content (AvgIpc) is 2.74. The van der Waals surface area contributed by atoms with Crippen LogP contribution in [0.25, 0.3) is 16.6 Å². The van der Waals surface area contributed by atoms with Crippen molar-refractivity contribution in [3.8, 4) is 5.69 Å². The predicted octanol–water partition coefficient (Wildman–Crippen LogP) is 3.74. The van der Waals surface area contributed by atoms with Crippen LogP contribution in [0.5, 0.6) is 0 Å². The Labute approximate surface area is 95.0 Å². The summed E-state index contributed by atoms with van der Waals surface area (Å²) in [5.41, 5.74) is 3.75. The molecule has 0 unspecified atom stereocenters. The molecule has 2 aromatic carbocycles. The number of benzene rings is 2. The highest BCUT2D eigenvalue weighted by atomic mass is 15.0. The third-order valence-corrected chi connectivity index (χ3v) is 2.91. The Balaban J connectivity index is 2.31. The fourth-order valence-electron chi connectivity index (χ4n) is 2.07. The summed E-state index contributed by atoms with van der Waals surface area (Å²) in [6.45, 7) is 2.14. The SMILES string of the molecule is Cc1ccccc1-n1ccc2c[c]ccc21. The Morgan fingerprint density at radius 3 is 2.81 bits per heavy atom. The Morgan fingerprint density at radius 1 is 1.06 bits per heavy atom. The summed E-state index contributed by atoms with van der Waals surface area (Å²) in [6.07, 6.45) is 2.11. The van der Waals surface area contributed by atoms with Crippen molar-refractivity contribution in [1.82, 2.24) is 4.57 Å². The van der Waals surface area contributed by atoms with Gasteiger partial charge in [0.15, 0.2) is 0 Å². The van der Waals surface area contributed by atoms with E-state index in [-0.39, 0.29) is 0 Å². The lowest BCUT2D eigenvalue weighted by molar-refractivity contribution is 1.10. The van der Waals surface area contributed by atoms with E-state index >= 15 is 0 Å². The van der Waals surface area contributed by atoms with Crippen molar-refractivity contribution in [2.75, 3.05) is 0 Å². The molecular weight excluding hydrogens is 194 g/mol. The third-order valence-electron chi connectivity index (χ3n) is 2.91. The minimum Gasteiger partial charge on any atom is -0.316 e. The predicted molar refractivity (Wildman–Crippen MR) is 66.8 cm³/mol. The maximum atomic E-state index is 3.10. The van der Waals surface area contributed by atoms with Gasteiger partial charge in [-0.3, -0.25) is 0 Å². The Bertz CT molecular complexity index is 634. The van der Waals surface area contributed by atoms with Crippen LogP contribution in [0.15, 0.2) is 54.7 Å². The van der Waals surface area contributed by atoms with E-state index in [1.165, 1.54) is 22.2 Å². The highest BCUT2D eigenvalue weighted by Gasteiger charge is 2.03. The van der Waals surface area contributed by atoms with Gasteiger partial charge in [0.05, 0.1) is 5.52 Å². The van der Waals surface area contributed by atoms with Crippen molar-refractivity contribution in [1.29, 1.82) is 0 Å². The normalized spacial score (nSPS) is 10.8. The standard InChI is InChI=1S/C15H12N/c1-12-6-2-4-8-14(12)16-11-10-13-7-3-5-9-15(13)16/h2,4-11H,1H3. The number of hydrogen-bond acceptors (Lipinski definition) is 0. The zero-order chi connectivity index (χ0) is 11.0. The molecule has 3 rings (SSSR count). The third kappa shape index (κ3) is 1.33. The summed E-state index contributed by atoms with van der Waals surface area (Å²) in [5.74, 6) is 0. The smallest absolute Gasteiger partial charge is 0.0528 e. The molecule has 0 N–H and O–H groups in total. The summed E-state index contributed by atoms with van der Waals surface area (Å²) in [6, 6.07) is 19.7. The summed E-state index contributed by atoms with van der Waals surface area (Å²) < 4.78 is 2.22. The van der Waals surface area contributed by atoms with Crippen LogP contribution in [0.4, 0.5) is 0 Å². The first-order valence-corrected chi connectivity index (χ1v) is 5.39. The number of para-hydroxylation sites is 1. The fourth-order valence-corrected chi connectivity index (χ4v) is 2.07. The van der Waals surface area contributed by atoms with Crippen LogP contribution in [0.2, 0.25) is 0 Å². The monoisotopic (exact) mass is 206 g/mol. The molecule has 1 aromatic heterocycles. The first-order valence-electron chi connectivity index (χ1n) is 5.39. The van der Waals surface area contributed by atoms with Crippen molar-refractivity contribution >= 4 is 10.9 Å². The van der Waals surface area contributed by atoms with Crippen LogP contribution >= 0.6 is 0 Å². The molecule has 3 aromatic rings. The van der Waals surface area contributed by atoms with Gasteiger partial charge >= 0.3 is 0 Å². The van der Waals surface area contributed by atoms with E-state index in [1.54, 1.807) is 0 Å². The van der Waals surface area contributed by atoms with E-state index in [0.717, 1.165) is 0 Å². The molecular formula is C15H12N. The minimum absolute atomic E-state index is 1.23. The van der Waals surface area contributed by atoms with Crippen LogP contribution in [0, 0.1) is 13.0 Å². The number of rotatable bonds is 1. The van der Waals surface area contributed by atoms with Gasteiger partial charge in [-0.05, 0) is 42.8 Å². The number of nitrogens with zero attached hydrogens (tertiary/aromatic N) is 1. The molecule has 1 heterocycles. The molecule has 0 saturated carbocycles. The van der Waals surface area contributed by atoms with Crippen LogP contribution in [0.3, 0.4) is 0 Å². The molecule has 1 radical (unpaired) electrons. The second-order valence-corrected chi connectivity index (χ2v) is 3.96. The zero-order valence-corrected chi connectivity index (χ0v) is 9.14.